The van der Waals surface area contributed by atoms with E-state index in [4.69, 9.17) is 16.7 Å². The van der Waals surface area contributed by atoms with Gasteiger partial charge in [-0.15, -0.1) is 6.58 Å². The average Bonchev–Trinajstić information content (AvgIpc) is 2.33. The molecule has 0 bridgehead atoms. The number of amides is 2. The van der Waals surface area contributed by atoms with Gasteiger partial charge in [0.1, 0.15) is 11.9 Å². The van der Waals surface area contributed by atoms with Gasteiger partial charge in [-0.05, 0) is 12.5 Å². The van der Waals surface area contributed by atoms with Gasteiger partial charge >= 0.3 is 12.0 Å². The number of benzene rings is 1. The van der Waals surface area contributed by atoms with Gasteiger partial charge < -0.3 is 15.7 Å². The van der Waals surface area contributed by atoms with Crippen LogP contribution >= 0.6 is 11.6 Å². The van der Waals surface area contributed by atoms with E-state index < -0.39 is 35.4 Å². The molecule has 0 aromatic heterocycles. The van der Waals surface area contributed by atoms with Crippen molar-refractivity contribution in [1.82, 2.24) is 5.32 Å². The van der Waals surface area contributed by atoms with Gasteiger partial charge in [-0.2, -0.15) is 0 Å². The van der Waals surface area contributed by atoms with Crippen molar-refractivity contribution >= 4 is 29.3 Å². The fraction of sp³-hybridized carbons (Fsp3) is 0.167. The Balaban J connectivity index is 2.81. The highest BCUT2D eigenvalue weighted by Gasteiger charge is 2.20. The Bertz CT molecular complexity index is 528. The SMILES string of the molecule is C=CCC(NC(=O)Nc1c(F)cc(F)cc1Cl)C(=O)O. The average molecular weight is 305 g/mol. The largest absolute Gasteiger partial charge is 0.480 e. The number of hydrogen-bond donors (Lipinski definition) is 3. The van der Waals surface area contributed by atoms with Crippen LogP contribution in [0, 0.1) is 11.6 Å². The summed E-state index contributed by atoms with van der Waals surface area (Å²) in [6.45, 7) is 3.35. The molecule has 1 rings (SSSR count). The summed E-state index contributed by atoms with van der Waals surface area (Å²) in [5, 5.41) is 12.6. The van der Waals surface area contributed by atoms with Crippen LogP contribution in [0.5, 0.6) is 0 Å². The molecule has 8 heteroatoms. The molecule has 3 N–H and O–H groups in total. The van der Waals surface area contributed by atoms with E-state index in [1.54, 1.807) is 0 Å². The van der Waals surface area contributed by atoms with Gasteiger partial charge in [0.05, 0.1) is 10.7 Å². The third-order valence-electron chi connectivity index (χ3n) is 2.25. The molecule has 0 aliphatic heterocycles. The van der Waals surface area contributed by atoms with Crippen LogP contribution < -0.4 is 10.6 Å². The number of carbonyl (C=O) groups excluding carboxylic acids is 1. The Morgan fingerprint density at radius 3 is 2.60 bits per heavy atom. The van der Waals surface area contributed by atoms with Gasteiger partial charge in [0.25, 0.3) is 0 Å². The molecule has 0 spiro atoms. The zero-order valence-electron chi connectivity index (χ0n) is 10.1. The first-order chi connectivity index (χ1) is 9.35. The molecule has 0 saturated carbocycles. The molecule has 0 radical (unpaired) electrons. The third-order valence-corrected chi connectivity index (χ3v) is 2.55. The van der Waals surface area contributed by atoms with Crippen LogP contribution in [0.25, 0.3) is 0 Å². The Kier molecular flexibility index (Phi) is 5.45. The summed E-state index contributed by atoms with van der Waals surface area (Å²) in [6.07, 6.45) is 1.30. The van der Waals surface area contributed by atoms with Crippen molar-refractivity contribution in [2.75, 3.05) is 5.32 Å². The molecule has 2 amide bonds. The molecule has 1 aromatic rings. The molecule has 0 aliphatic rings. The van der Waals surface area contributed by atoms with Crippen LogP contribution in [0.1, 0.15) is 6.42 Å². The maximum atomic E-state index is 13.4. The van der Waals surface area contributed by atoms with Gasteiger partial charge in [-0.1, -0.05) is 17.7 Å². The van der Waals surface area contributed by atoms with Crippen LogP contribution in [-0.4, -0.2) is 23.1 Å². The number of rotatable bonds is 5. The lowest BCUT2D eigenvalue weighted by Crippen LogP contribution is -2.42. The molecule has 108 valence electrons. The number of carbonyl (C=O) groups is 2. The fourth-order valence-electron chi connectivity index (χ4n) is 1.36. The van der Waals surface area contributed by atoms with Gasteiger partial charge in [-0.25, -0.2) is 18.4 Å². The second kappa shape index (κ2) is 6.85. The molecule has 1 unspecified atom stereocenters. The van der Waals surface area contributed by atoms with Crippen LogP contribution in [0.15, 0.2) is 24.8 Å². The number of halogens is 3. The van der Waals surface area contributed by atoms with Crippen molar-refractivity contribution in [2.24, 2.45) is 0 Å². The minimum atomic E-state index is -1.27. The molecule has 0 saturated heterocycles. The van der Waals surface area contributed by atoms with E-state index >= 15 is 0 Å². The summed E-state index contributed by atoms with van der Waals surface area (Å²) in [6, 6.07) is -0.833. The van der Waals surface area contributed by atoms with Gasteiger partial charge in [-0.3, -0.25) is 0 Å². The molecule has 20 heavy (non-hydrogen) atoms. The first-order valence-corrected chi connectivity index (χ1v) is 5.78. The summed E-state index contributed by atoms with van der Waals surface area (Å²) in [7, 11) is 0. The third kappa shape index (κ3) is 4.20. The summed E-state index contributed by atoms with van der Waals surface area (Å²) in [5.41, 5.74) is -0.437. The smallest absolute Gasteiger partial charge is 0.326 e. The van der Waals surface area contributed by atoms with Gasteiger partial charge in [0, 0.05) is 6.07 Å². The van der Waals surface area contributed by atoms with Crippen molar-refractivity contribution in [3.63, 3.8) is 0 Å². The predicted molar refractivity (Wildman–Crippen MR) is 69.8 cm³/mol. The maximum absolute atomic E-state index is 13.4. The molecule has 5 nitrogen and oxygen atoms in total. The molecular weight excluding hydrogens is 294 g/mol. The van der Waals surface area contributed by atoms with E-state index in [1.807, 2.05) is 5.32 Å². The van der Waals surface area contributed by atoms with Crippen molar-refractivity contribution < 1.29 is 23.5 Å². The Morgan fingerprint density at radius 1 is 1.45 bits per heavy atom. The van der Waals surface area contributed by atoms with Gasteiger partial charge in [0.15, 0.2) is 5.82 Å². The highest BCUT2D eigenvalue weighted by molar-refractivity contribution is 6.33. The van der Waals surface area contributed by atoms with Crippen molar-refractivity contribution in [2.45, 2.75) is 12.5 Å². The van der Waals surface area contributed by atoms with Crippen LogP contribution in [0.2, 0.25) is 5.02 Å². The second-order valence-electron chi connectivity index (χ2n) is 3.76. The zero-order valence-corrected chi connectivity index (χ0v) is 10.9. The van der Waals surface area contributed by atoms with Crippen molar-refractivity contribution in [3.8, 4) is 0 Å². The van der Waals surface area contributed by atoms with Crippen molar-refractivity contribution in [3.05, 3.63) is 41.4 Å². The van der Waals surface area contributed by atoms with E-state index in [9.17, 15) is 18.4 Å². The quantitative estimate of drug-likeness (QED) is 0.732. The van der Waals surface area contributed by atoms with E-state index in [-0.39, 0.29) is 11.4 Å². The van der Waals surface area contributed by atoms with Crippen LogP contribution in [0.3, 0.4) is 0 Å². The van der Waals surface area contributed by atoms with E-state index in [2.05, 4.69) is 11.9 Å². The highest BCUT2D eigenvalue weighted by Crippen LogP contribution is 2.26. The summed E-state index contributed by atoms with van der Waals surface area (Å²) < 4.78 is 26.2. The summed E-state index contributed by atoms with van der Waals surface area (Å²) in [5.74, 6) is -3.24. The first-order valence-electron chi connectivity index (χ1n) is 5.41. The fourth-order valence-corrected chi connectivity index (χ4v) is 1.60. The molecule has 1 atom stereocenters. The number of nitrogens with one attached hydrogen (secondary N) is 2. The number of aliphatic carboxylic acids is 1. The topological polar surface area (TPSA) is 78.4 Å². The number of carboxylic acid groups (broad SMARTS) is 1. The number of urea groups is 1. The van der Waals surface area contributed by atoms with E-state index in [1.165, 1.54) is 6.08 Å². The molecule has 0 aliphatic carbocycles. The lowest BCUT2D eigenvalue weighted by Gasteiger charge is -2.14. The molecular formula is C12H11ClF2N2O3. The monoisotopic (exact) mass is 304 g/mol. The maximum Gasteiger partial charge on any atom is 0.326 e. The summed E-state index contributed by atoms with van der Waals surface area (Å²) in [4.78, 5) is 22.4. The standard InChI is InChI=1S/C12H11ClF2N2O3/c1-2-3-9(11(18)19)16-12(20)17-10-7(13)4-6(14)5-8(10)15/h2,4-5,9H,1,3H2,(H,18,19)(H2,16,17,20). The lowest BCUT2D eigenvalue weighted by atomic mass is 10.2. The first kappa shape index (κ1) is 15.9. The molecule has 1 aromatic carbocycles. The van der Waals surface area contributed by atoms with Crippen LogP contribution in [-0.2, 0) is 4.79 Å². The highest BCUT2D eigenvalue weighted by atomic mass is 35.5. The number of hydrogen-bond acceptors (Lipinski definition) is 2. The Labute approximate surface area is 118 Å². The van der Waals surface area contributed by atoms with Crippen LogP contribution in [0.4, 0.5) is 19.3 Å². The predicted octanol–water partition coefficient (Wildman–Crippen LogP) is 2.77. The molecule has 0 fully saturated rings. The Hall–Kier alpha value is -2.15. The van der Waals surface area contributed by atoms with E-state index in [0.717, 1.165) is 6.07 Å². The van der Waals surface area contributed by atoms with Gasteiger partial charge in [0.2, 0.25) is 0 Å². The minimum absolute atomic E-state index is 0.0115. The number of anilines is 1. The summed E-state index contributed by atoms with van der Waals surface area (Å²) >= 11 is 5.58. The van der Waals surface area contributed by atoms with Crippen molar-refractivity contribution in [1.29, 1.82) is 0 Å². The zero-order chi connectivity index (χ0) is 15.3. The van der Waals surface area contributed by atoms with E-state index in [0.29, 0.717) is 6.07 Å². The second-order valence-corrected chi connectivity index (χ2v) is 4.17. The molecule has 0 heterocycles. The number of carboxylic acids is 1. The lowest BCUT2D eigenvalue weighted by molar-refractivity contribution is -0.139. The normalized spacial score (nSPS) is 11.6. The Morgan fingerprint density at radius 2 is 2.10 bits per heavy atom. The minimum Gasteiger partial charge on any atom is -0.480 e.